The summed E-state index contributed by atoms with van der Waals surface area (Å²) in [7, 11) is -1.25. The normalized spacial score (nSPS) is 17.3. The monoisotopic (exact) mass is 334 g/mol. The average Bonchev–Trinajstić information content (AvgIpc) is 3.15. The topological polar surface area (TPSA) is 18.5 Å². The van der Waals surface area contributed by atoms with Crippen molar-refractivity contribution in [3.8, 4) is 0 Å². The van der Waals surface area contributed by atoms with E-state index in [2.05, 4.69) is 43.9 Å². The zero-order valence-electron chi connectivity index (χ0n) is 12.4. The number of benzene rings is 1. The molecule has 0 bridgehead atoms. The molecule has 1 aliphatic heterocycles. The lowest BCUT2D eigenvalue weighted by Gasteiger charge is -2.11. The van der Waals surface area contributed by atoms with Crippen LogP contribution < -0.4 is 4.50 Å². The largest absolute Gasteiger partial charge is 0.345 e. The Hall–Kier alpha value is -0.723. The molecule has 0 amide bonds. The van der Waals surface area contributed by atoms with Crippen LogP contribution in [0.3, 0.4) is 0 Å². The molecule has 0 N–H and O–H groups in total. The fourth-order valence-electron chi connectivity index (χ4n) is 2.66. The molecule has 1 aliphatic rings. The molecule has 0 spiro atoms. The Morgan fingerprint density at radius 3 is 2.24 bits per heavy atom. The Morgan fingerprint density at radius 2 is 1.57 bits per heavy atom. The van der Waals surface area contributed by atoms with Crippen LogP contribution in [0.2, 0.25) is 19.6 Å². The van der Waals surface area contributed by atoms with E-state index in [1.54, 1.807) is 15.8 Å². The van der Waals surface area contributed by atoms with Crippen molar-refractivity contribution in [1.29, 1.82) is 0 Å². The second-order valence-corrected chi connectivity index (χ2v) is 14.1. The summed E-state index contributed by atoms with van der Waals surface area (Å²) in [5.74, 6) is 0. The Morgan fingerprint density at radius 1 is 0.952 bits per heavy atom. The van der Waals surface area contributed by atoms with Gasteiger partial charge in [-0.3, -0.25) is 0 Å². The number of thiophene rings is 2. The van der Waals surface area contributed by atoms with Crippen LogP contribution in [0.5, 0.6) is 0 Å². The lowest BCUT2D eigenvalue weighted by atomic mass is 10.2. The minimum absolute atomic E-state index is 0.160. The number of rotatable bonds is 2. The maximum atomic E-state index is 5.64. The van der Waals surface area contributed by atoms with Gasteiger partial charge in [0.1, 0.15) is 0 Å². The first kappa shape index (κ1) is 13.9. The number of fused-ring (bicyclic) bond motifs is 3. The maximum absolute atomic E-state index is 5.64. The highest BCUT2D eigenvalue weighted by molar-refractivity contribution is 7.31. The summed E-state index contributed by atoms with van der Waals surface area (Å²) in [6.07, 6.45) is -0.160. The predicted molar refractivity (Wildman–Crippen MR) is 94.8 cm³/mol. The van der Waals surface area contributed by atoms with Crippen LogP contribution in [0.4, 0.5) is 0 Å². The Labute approximate surface area is 133 Å². The summed E-state index contributed by atoms with van der Waals surface area (Å²) in [5.41, 5.74) is 0. The molecule has 4 rings (SSSR count). The summed E-state index contributed by atoms with van der Waals surface area (Å²) >= 11 is 3.76. The minimum atomic E-state index is -1.25. The van der Waals surface area contributed by atoms with Gasteiger partial charge in [-0.05, 0) is 28.8 Å². The number of ether oxygens (including phenoxy) is 2. The van der Waals surface area contributed by atoms with E-state index in [9.17, 15) is 0 Å². The van der Waals surface area contributed by atoms with Gasteiger partial charge >= 0.3 is 0 Å². The molecule has 0 atom stereocenters. The van der Waals surface area contributed by atoms with Crippen LogP contribution >= 0.6 is 22.7 Å². The molecule has 2 aromatic heterocycles. The van der Waals surface area contributed by atoms with Crippen molar-refractivity contribution >= 4 is 55.4 Å². The fourth-order valence-corrected chi connectivity index (χ4v) is 6.70. The fraction of sp³-hybridized carbons (Fsp3) is 0.375. The van der Waals surface area contributed by atoms with Crippen molar-refractivity contribution in [1.82, 2.24) is 0 Å². The standard InChI is InChI=1S/C16H18O2S2Si/c1-21(2,3)15-9-11-10-8-14(16-17-6-7-18-16)19-12(10)4-5-13(11)20-15/h4-5,8-9,16H,6-7H2,1-3H3. The highest BCUT2D eigenvalue weighted by Gasteiger charge is 2.23. The van der Waals surface area contributed by atoms with Crippen molar-refractivity contribution in [2.24, 2.45) is 0 Å². The third-order valence-corrected chi connectivity index (χ3v) is 9.61. The Kier molecular flexibility index (Phi) is 3.24. The zero-order chi connectivity index (χ0) is 14.6. The summed E-state index contributed by atoms with van der Waals surface area (Å²) in [5, 5.41) is 2.75. The summed E-state index contributed by atoms with van der Waals surface area (Å²) in [6, 6.07) is 9.19. The van der Waals surface area contributed by atoms with E-state index in [0.29, 0.717) is 13.2 Å². The third kappa shape index (κ3) is 2.37. The van der Waals surface area contributed by atoms with Crippen molar-refractivity contribution in [2.45, 2.75) is 25.9 Å². The van der Waals surface area contributed by atoms with E-state index in [1.807, 2.05) is 11.3 Å². The summed E-state index contributed by atoms with van der Waals surface area (Å²) < 4.78 is 15.6. The highest BCUT2D eigenvalue weighted by Crippen LogP contribution is 2.38. The minimum Gasteiger partial charge on any atom is -0.345 e. The Bertz CT molecular complexity index is 807. The number of hydrogen-bond acceptors (Lipinski definition) is 4. The van der Waals surface area contributed by atoms with E-state index >= 15 is 0 Å². The lowest BCUT2D eigenvalue weighted by molar-refractivity contribution is -0.0412. The van der Waals surface area contributed by atoms with Gasteiger partial charge in [0.2, 0.25) is 0 Å². The van der Waals surface area contributed by atoms with Crippen molar-refractivity contribution in [3.63, 3.8) is 0 Å². The molecule has 0 radical (unpaired) electrons. The van der Waals surface area contributed by atoms with Crippen LogP contribution in [0.25, 0.3) is 20.2 Å². The van der Waals surface area contributed by atoms with Gasteiger partial charge in [-0.15, -0.1) is 22.7 Å². The van der Waals surface area contributed by atoms with E-state index in [1.165, 1.54) is 25.0 Å². The molecule has 1 fully saturated rings. The van der Waals surface area contributed by atoms with Gasteiger partial charge < -0.3 is 9.47 Å². The summed E-state index contributed by atoms with van der Waals surface area (Å²) in [6.45, 7) is 8.63. The van der Waals surface area contributed by atoms with E-state index in [-0.39, 0.29) is 6.29 Å². The van der Waals surface area contributed by atoms with E-state index in [0.717, 1.165) is 0 Å². The van der Waals surface area contributed by atoms with Gasteiger partial charge in [0.05, 0.1) is 26.2 Å². The van der Waals surface area contributed by atoms with Crippen molar-refractivity contribution in [3.05, 3.63) is 29.1 Å². The molecule has 3 heterocycles. The molecule has 2 nitrogen and oxygen atoms in total. The first-order valence-corrected chi connectivity index (χ1v) is 12.4. The maximum Gasteiger partial charge on any atom is 0.193 e. The first-order chi connectivity index (χ1) is 10.0. The zero-order valence-corrected chi connectivity index (χ0v) is 15.1. The molecule has 5 heteroatoms. The van der Waals surface area contributed by atoms with Crippen LogP contribution in [0, 0.1) is 0 Å². The van der Waals surface area contributed by atoms with Gasteiger partial charge in [0.25, 0.3) is 0 Å². The molecule has 1 saturated heterocycles. The second-order valence-electron chi connectivity index (χ2n) is 6.47. The second kappa shape index (κ2) is 4.89. The van der Waals surface area contributed by atoms with Gasteiger partial charge in [-0.1, -0.05) is 19.6 Å². The van der Waals surface area contributed by atoms with Crippen molar-refractivity contribution in [2.75, 3.05) is 13.2 Å². The molecule has 0 unspecified atom stereocenters. The van der Waals surface area contributed by atoms with Gasteiger partial charge in [-0.2, -0.15) is 0 Å². The average molecular weight is 335 g/mol. The smallest absolute Gasteiger partial charge is 0.193 e. The van der Waals surface area contributed by atoms with E-state index in [4.69, 9.17) is 9.47 Å². The number of hydrogen-bond donors (Lipinski definition) is 0. The first-order valence-electron chi connectivity index (χ1n) is 7.22. The molecule has 3 aromatic rings. The Balaban J connectivity index is 1.89. The molecule has 1 aromatic carbocycles. The molecule has 0 aliphatic carbocycles. The van der Waals surface area contributed by atoms with Crippen LogP contribution in [0.1, 0.15) is 11.2 Å². The molecular weight excluding hydrogens is 316 g/mol. The molecule has 0 saturated carbocycles. The van der Waals surface area contributed by atoms with Gasteiger partial charge in [0.15, 0.2) is 6.29 Å². The quantitative estimate of drug-likeness (QED) is 0.632. The van der Waals surface area contributed by atoms with Crippen LogP contribution in [-0.2, 0) is 9.47 Å². The lowest BCUT2D eigenvalue weighted by Crippen LogP contribution is -2.34. The van der Waals surface area contributed by atoms with Crippen molar-refractivity contribution < 1.29 is 9.47 Å². The van der Waals surface area contributed by atoms with Gasteiger partial charge in [-0.25, -0.2) is 0 Å². The SMILES string of the molecule is C[Si](C)(C)c1cc2c(ccc3sc(C4OCCO4)cc32)s1. The molecular formula is C16H18O2S2Si. The third-order valence-electron chi connectivity index (χ3n) is 3.81. The molecule has 110 valence electrons. The van der Waals surface area contributed by atoms with Crippen LogP contribution in [0.15, 0.2) is 24.3 Å². The van der Waals surface area contributed by atoms with Gasteiger partial charge in [0, 0.05) is 20.2 Å². The van der Waals surface area contributed by atoms with E-state index < -0.39 is 8.07 Å². The highest BCUT2D eigenvalue weighted by atomic mass is 32.1. The van der Waals surface area contributed by atoms with Crippen LogP contribution in [-0.4, -0.2) is 21.3 Å². The summed E-state index contributed by atoms with van der Waals surface area (Å²) in [4.78, 5) is 1.19. The molecule has 21 heavy (non-hydrogen) atoms. The predicted octanol–water partition coefficient (Wildman–Crippen LogP) is 4.71.